The number of piperazine rings is 1. The highest BCUT2D eigenvalue weighted by Crippen LogP contribution is 2.28. The Morgan fingerprint density at radius 3 is 2.53 bits per heavy atom. The van der Waals surface area contributed by atoms with Crippen LogP contribution in [0.2, 0.25) is 5.02 Å². The van der Waals surface area contributed by atoms with Crippen LogP contribution < -0.4 is 10.6 Å². The summed E-state index contributed by atoms with van der Waals surface area (Å²) in [6, 6.07) is 5.65. The van der Waals surface area contributed by atoms with Crippen molar-refractivity contribution in [3.05, 3.63) is 23.2 Å². The second-order valence-corrected chi connectivity index (χ2v) is 4.41. The third-order valence-corrected chi connectivity index (χ3v) is 3.13. The van der Waals surface area contributed by atoms with Crippen molar-refractivity contribution in [2.24, 2.45) is 0 Å². The van der Waals surface area contributed by atoms with Crippen molar-refractivity contribution in [1.82, 2.24) is 4.90 Å². The van der Waals surface area contributed by atoms with Gasteiger partial charge in [0.1, 0.15) is 0 Å². The summed E-state index contributed by atoms with van der Waals surface area (Å²) in [6.07, 6.45) is 0. The average molecular weight is 226 g/mol. The lowest BCUT2D eigenvalue weighted by Crippen LogP contribution is -2.44. The average Bonchev–Trinajstić information content (AvgIpc) is 2.23. The first-order chi connectivity index (χ1) is 7.16. The number of benzene rings is 1. The molecule has 1 saturated heterocycles. The van der Waals surface area contributed by atoms with Gasteiger partial charge in [-0.25, -0.2) is 0 Å². The molecule has 1 heterocycles. The van der Waals surface area contributed by atoms with E-state index in [1.807, 2.05) is 18.2 Å². The number of hydrogen-bond donors (Lipinski definition) is 1. The molecule has 0 saturated carbocycles. The van der Waals surface area contributed by atoms with Gasteiger partial charge in [-0.2, -0.15) is 0 Å². The Labute approximate surface area is 95.4 Å². The van der Waals surface area contributed by atoms with Gasteiger partial charge >= 0.3 is 0 Å². The summed E-state index contributed by atoms with van der Waals surface area (Å²) in [7, 11) is 2.14. The molecule has 0 radical (unpaired) electrons. The smallest absolute Gasteiger partial charge is 0.0641 e. The summed E-state index contributed by atoms with van der Waals surface area (Å²) in [4.78, 5) is 4.61. The number of nitrogens with zero attached hydrogens (tertiary/aromatic N) is 2. The Morgan fingerprint density at radius 2 is 1.87 bits per heavy atom. The monoisotopic (exact) mass is 225 g/mol. The Kier molecular flexibility index (Phi) is 3.03. The molecule has 1 aliphatic rings. The van der Waals surface area contributed by atoms with Crippen LogP contribution in [0.5, 0.6) is 0 Å². The highest BCUT2D eigenvalue weighted by Gasteiger charge is 2.16. The van der Waals surface area contributed by atoms with Crippen LogP contribution in [0.4, 0.5) is 11.4 Å². The van der Waals surface area contributed by atoms with Crippen molar-refractivity contribution in [1.29, 1.82) is 0 Å². The van der Waals surface area contributed by atoms with Crippen LogP contribution >= 0.6 is 11.6 Å². The van der Waals surface area contributed by atoms with Crippen molar-refractivity contribution in [3.8, 4) is 0 Å². The minimum absolute atomic E-state index is 0.772. The van der Waals surface area contributed by atoms with Gasteiger partial charge in [0.2, 0.25) is 0 Å². The fraction of sp³-hybridized carbons (Fsp3) is 0.455. The third-order valence-electron chi connectivity index (χ3n) is 2.81. The molecule has 0 aromatic heterocycles. The number of anilines is 2. The van der Waals surface area contributed by atoms with Crippen LogP contribution in [0.15, 0.2) is 18.2 Å². The maximum absolute atomic E-state index is 6.16. The second-order valence-electron chi connectivity index (χ2n) is 4.00. The maximum Gasteiger partial charge on any atom is 0.0641 e. The van der Waals surface area contributed by atoms with Gasteiger partial charge in [0.25, 0.3) is 0 Å². The zero-order valence-electron chi connectivity index (χ0n) is 8.91. The highest BCUT2D eigenvalue weighted by molar-refractivity contribution is 6.33. The number of halogens is 1. The number of rotatable bonds is 1. The minimum Gasteiger partial charge on any atom is -0.399 e. The molecule has 2 N–H and O–H groups in total. The largest absolute Gasteiger partial charge is 0.399 e. The number of nitrogens with two attached hydrogens (primary N) is 1. The molecule has 4 heteroatoms. The molecule has 15 heavy (non-hydrogen) atoms. The molecule has 0 unspecified atom stereocenters. The van der Waals surface area contributed by atoms with Crippen LogP contribution in [0.25, 0.3) is 0 Å². The molecule has 82 valence electrons. The summed E-state index contributed by atoms with van der Waals surface area (Å²) in [5.74, 6) is 0. The van der Waals surface area contributed by atoms with Gasteiger partial charge in [-0.3, -0.25) is 0 Å². The molecule has 3 nitrogen and oxygen atoms in total. The topological polar surface area (TPSA) is 32.5 Å². The van der Waals surface area contributed by atoms with Gasteiger partial charge in [0.15, 0.2) is 0 Å². The Morgan fingerprint density at radius 1 is 1.20 bits per heavy atom. The van der Waals surface area contributed by atoms with Crippen molar-refractivity contribution < 1.29 is 0 Å². The van der Waals surface area contributed by atoms with Crippen molar-refractivity contribution in [2.45, 2.75) is 0 Å². The van der Waals surface area contributed by atoms with Crippen LogP contribution in [0.1, 0.15) is 0 Å². The Balaban J connectivity index is 2.18. The van der Waals surface area contributed by atoms with Gasteiger partial charge in [0.05, 0.1) is 10.7 Å². The molecular formula is C11H16ClN3. The zero-order valence-corrected chi connectivity index (χ0v) is 9.67. The predicted molar refractivity (Wildman–Crippen MR) is 65.6 cm³/mol. The van der Waals surface area contributed by atoms with E-state index in [4.69, 9.17) is 17.3 Å². The van der Waals surface area contributed by atoms with E-state index in [9.17, 15) is 0 Å². The summed E-state index contributed by atoms with van der Waals surface area (Å²) < 4.78 is 0. The first-order valence-corrected chi connectivity index (χ1v) is 5.53. The number of nitrogen functional groups attached to an aromatic ring is 1. The molecule has 2 rings (SSSR count). The normalized spacial score (nSPS) is 18.1. The fourth-order valence-electron chi connectivity index (χ4n) is 1.82. The third kappa shape index (κ3) is 2.36. The number of likely N-dealkylation sites (N-methyl/N-ethyl adjacent to an activating group) is 1. The Bertz CT molecular complexity index is 346. The predicted octanol–water partition coefficient (Wildman–Crippen LogP) is 1.67. The molecular weight excluding hydrogens is 210 g/mol. The van der Waals surface area contributed by atoms with E-state index in [0.717, 1.165) is 42.6 Å². The van der Waals surface area contributed by atoms with Crippen molar-refractivity contribution in [2.75, 3.05) is 43.9 Å². The standard InChI is InChI=1S/C11H16ClN3/c1-14-4-6-15(7-5-14)11-8-9(13)2-3-10(11)12/h2-3,8H,4-7,13H2,1H3. The lowest BCUT2D eigenvalue weighted by molar-refractivity contribution is 0.313. The summed E-state index contributed by atoms with van der Waals surface area (Å²) in [6.45, 7) is 4.18. The van der Waals surface area contributed by atoms with Gasteiger partial charge in [0, 0.05) is 31.9 Å². The first-order valence-electron chi connectivity index (χ1n) is 5.15. The van der Waals surface area contributed by atoms with E-state index in [-0.39, 0.29) is 0 Å². The molecule has 0 spiro atoms. The first kappa shape index (κ1) is 10.6. The van der Waals surface area contributed by atoms with Gasteiger partial charge < -0.3 is 15.5 Å². The van der Waals surface area contributed by atoms with E-state index >= 15 is 0 Å². The van der Waals surface area contributed by atoms with Crippen LogP contribution in [0, 0.1) is 0 Å². The zero-order chi connectivity index (χ0) is 10.8. The molecule has 1 fully saturated rings. The quantitative estimate of drug-likeness (QED) is 0.739. The molecule has 0 aliphatic carbocycles. The number of hydrogen-bond acceptors (Lipinski definition) is 3. The van der Waals surface area contributed by atoms with Crippen molar-refractivity contribution in [3.63, 3.8) is 0 Å². The summed E-state index contributed by atoms with van der Waals surface area (Å²) >= 11 is 6.16. The van der Waals surface area contributed by atoms with E-state index in [2.05, 4.69) is 16.8 Å². The summed E-state index contributed by atoms with van der Waals surface area (Å²) in [5.41, 5.74) is 7.60. The maximum atomic E-state index is 6.16. The second kappa shape index (κ2) is 4.29. The molecule has 0 atom stereocenters. The van der Waals surface area contributed by atoms with E-state index in [0.29, 0.717) is 0 Å². The lowest BCUT2D eigenvalue weighted by atomic mass is 10.2. The van der Waals surface area contributed by atoms with E-state index in [1.54, 1.807) is 0 Å². The van der Waals surface area contributed by atoms with E-state index in [1.165, 1.54) is 0 Å². The highest BCUT2D eigenvalue weighted by atomic mass is 35.5. The van der Waals surface area contributed by atoms with Crippen LogP contribution in [0.3, 0.4) is 0 Å². The van der Waals surface area contributed by atoms with Crippen LogP contribution in [-0.2, 0) is 0 Å². The lowest BCUT2D eigenvalue weighted by Gasteiger charge is -2.34. The molecule has 0 amide bonds. The van der Waals surface area contributed by atoms with E-state index < -0.39 is 0 Å². The SMILES string of the molecule is CN1CCN(c2cc(N)ccc2Cl)CC1. The van der Waals surface area contributed by atoms with Gasteiger partial charge in [-0.05, 0) is 25.2 Å². The van der Waals surface area contributed by atoms with Crippen LogP contribution in [-0.4, -0.2) is 38.1 Å². The van der Waals surface area contributed by atoms with Crippen molar-refractivity contribution >= 4 is 23.0 Å². The fourth-order valence-corrected chi connectivity index (χ4v) is 2.06. The van der Waals surface area contributed by atoms with Gasteiger partial charge in [-0.15, -0.1) is 0 Å². The minimum atomic E-state index is 0.772. The van der Waals surface area contributed by atoms with Gasteiger partial charge in [-0.1, -0.05) is 11.6 Å². The Hall–Kier alpha value is -0.930. The summed E-state index contributed by atoms with van der Waals surface area (Å²) in [5, 5.41) is 0.786. The molecule has 1 aromatic carbocycles. The molecule has 1 aromatic rings. The molecule has 1 aliphatic heterocycles. The molecule has 0 bridgehead atoms.